The molecule has 5 heteroatoms. The Morgan fingerprint density at radius 2 is 1.90 bits per heavy atom. The molecule has 1 unspecified atom stereocenters. The fourth-order valence-electron chi connectivity index (χ4n) is 3.07. The zero-order valence-corrected chi connectivity index (χ0v) is 12.1. The van der Waals surface area contributed by atoms with Crippen molar-refractivity contribution in [3.05, 3.63) is 29.8 Å². The number of hydrogen-bond donors (Lipinski definition) is 1. The number of hydrogen-bond acceptors (Lipinski definition) is 3. The fourth-order valence-corrected chi connectivity index (χ4v) is 3.07. The average molecular weight is 286 g/mol. The first-order valence-electron chi connectivity index (χ1n) is 6.95. The molecule has 0 bridgehead atoms. The van der Waals surface area contributed by atoms with Crippen LogP contribution in [0, 0.1) is 29.1 Å². The van der Waals surface area contributed by atoms with Gasteiger partial charge in [-0.1, -0.05) is 19.1 Å². The smallest absolute Gasteiger partial charge is 0.307 e. The predicted molar refractivity (Wildman–Crippen MR) is 77.6 cm³/mol. The first kappa shape index (κ1) is 15.0. The van der Waals surface area contributed by atoms with E-state index in [9.17, 15) is 14.7 Å². The van der Waals surface area contributed by atoms with Crippen LogP contribution in [0.3, 0.4) is 0 Å². The number of carbonyl (C=O) groups is 2. The van der Waals surface area contributed by atoms with E-state index in [2.05, 4.69) is 6.07 Å². The van der Waals surface area contributed by atoms with Crippen molar-refractivity contribution >= 4 is 17.6 Å². The maximum atomic E-state index is 12.6. The summed E-state index contributed by atoms with van der Waals surface area (Å²) in [6, 6.07) is 8.89. The Morgan fingerprint density at radius 1 is 1.29 bits per heavy atom. The number of benzene rings is 1. The van der Waals surface area contributed by atoms with Crippen molar-refractivity contribution in [3.8, 4) is 6.07 Å². The van der Waals surface area contributed by atoms with Gasteiger partial charge in [0.2, 0.25) is 5.91 Å². The van der Waals surface area contributed by atoms with E-state index in [0.717, 1.165) is 0 Å². The Balaban J connectivity index is 2.27. The molecule has 1 N–H and O–H groups in total. The van der Waals surface area contributed by atoms with Crippen LogP contribution in [0.15, 0.2) is 24.3 Å². The van der Waals surface area contributed by atoms with E-state index >= 15 is 0 Å². The Hall–Kier alpha value is -2.35. The molecule has 0 saturated heterocycles. The number of amides is 1. The summed E-state index contributed by atoms with van der Waals surface area (Å²) in [6.07, 6.45) is 1.11. The highest BCUT2D eigenvalue weighted by Gasteiger charge is 2.42. The van der Waals surface area contributed by atoms with Gasteiger partial charge in [-0.3, -0.25) is 9.59 Å². The lowest BCUT2D eigenvalue weighted by Crippen LogP contribution is -2.37. The second-order valence-electron chi connectivity index (χ2n) is 5.65. The number of para-hydroxylation sites is 1. The number of carboxylic acids is 1. The zero-order valence-electron chi connectivity index (χ0n) is 12.1. The Labute approximate surface area is 123 Å². The highest BCUT2D eigenvalue weighted by atomic mass is 16.4. The normalized spacial score (nSPS) is 24.3. The molecule has 1 aromatic rings. The monoisotopic (exact) mass is 286 g/mol. The van der Waals surface area contributed by atoms with Crippen molar-refractivity contribution in [2.45, 2.75) is 19.8 Å². The van der Waals surface area contributed by atoms with E-state index in [0.29, 0.717) is 24.1 Å². The van der Waals surface area contributed by atoms with Gasteiger partial charge >= 0.3 is 5.97 Å². The lowest BCUT2D eigenvalue weighted by molar-refractivity contribution is -0.145. The summed E-state index contributed by atoms with van der Waals surface area (Å²) in [5.41, 5.74) is 0.931. The van der Waals surface area contributed by atoms with Gasteiger partial charge in [0, 0.05) is 7.05 Å². The van der Waals surface area contributed by atoms with Crippen LogP contribution in [0.25, 0.3) is 0 Å². The molecule has 0 aliphatic heterocycles. The van der Waals surface area contributed by atoms with E-state index in [1.54, 1.807) is 31.3 Å². The van der Waals surface area contributed by atoms with E-state index in [4.69, 9.17) is 5.26 Å². The summed E-state index contributed by atoms with van der Waals surface area (Å²) in [6.45, 7) is 1.96. The summed E-state index contributed by atoms with van der Waals surface area (Å²) in [4.78, 5) is 25.4. The number of anilines is 1. The van der Waals surface area contributed by atoms with Gasteiger partial charge in [0.15, 0.2) is 0 Å². The number of aliphatic carboxylic acids is 1. The van der Waals surface area contributed by atoms with Gasteiger partial charge in [-0.2, -0.15) is 5.26 Å². The minimum Gasteiger partial charge on any atom is -0.481 e. The average Bonchev–Trinajstić information content (AvgIpc) is 2.88. The molecule has 0 radical (unpaired) electrons. The van der Waals surface area contributed by atoms with Gasteiger partial charge in [0.25, 0.3) is 0 Å². The third kappa shape index (κ3) is 2.89. The summed E-state index contributed by atoms with van der Waals surface area (Å²) >= 11 is 0. The second-order valence-corrected chi connectivity index (χ2v) is 5.65. The quantitative estimate of drug-likeness (QED) is 0.924. The number of rotatable bonds is 3. The molecular weight excluding hydrogens is 268 g/mol. The van der Waals surface area contributed by atoms with Crippen LogP contribution < -0.4 is 4.90 Å². The van der Waals surface area contributed by atoms with Gasteiger partial charge in [0.05, 0.1) is 23.1 Å². The molecule has 5 nitrogen and oxygen atoms in total. The fraction of sp³-hybridized carbons (Fsp3) is 0.438. The van der Waals surface area contributed by atoms with Gasteiger partial charge in [-0.05, 0) is 30.9 Å². The van der Waals surface area contributed by atoms with Gasteiger partial charge in [0.1, 0.15) is 6.07 Å². The highest BCUT2D eigenvalue weighted by Crippen LogP contribution is 2.38. The molecule has 110 valence electrons. The highest BCUT2D eigenvalue weighted by molar-refractivity contribution is 5.98. The van der Waals surface area contributed by atoms with Crippen molar-refractivity contribution in [1.29, 1.82) is 5.26 Å². The van der Waals surface area contributed by atoms with Gasteiger partial charge in [-0.15, -0.1) is 0 Å². The summed E-state index contributed by atoms with van der Waals surface area (Å²) in [5.74, 6) is -2.08. The first-order valence-corrected chi connectivity index (χ1v) is 6.95. The number of carboxylic acid groups (broad SMARTS) is 1. The van der Waals surface area contributed by atoms with Crippen LogP contribution >= 0.6 is 0 Å². The molecule has 2 rings (SSSR count). The molecule has 1 aliphatic rings. The predicted octanol–water partition coefficient (Wildman–Crippen LogP) is 2.27. The molecular formula is C16H18N2O3. The van der Waals surface area contributed by atoms with Crippen LogP contribution in [0.2, 0.25) is 0 Å². The van der Waals surface area contributed by atoms with Crippen molar-refractivity contribution in [1.82, 2.24) is 0 Å². The van der Waals surface area contributed by atoms with Gasteiger partial charge in [-0.25, -0.2) is 0 Å². The standard InChI is InChI=1S/C16H18N2O3/c1-10-7-12(13(8-10)16(20)21)15(19)18(2)14-6-4-3-5-11(14)9-17/h3-6,10,12-13H,7-8H2,1-2H3,(H,20,21)/t10?,12-,13+/m0/s1. The van der Waals surface area contributed by atoms with Crippen molar-refractivity contribution in [2.75, 3.05) is 11.9 Å². The third-order valence-electron chi connectivity index (χ3n) is 4.15. The molecule has 21 heavy (non-hydrogen) atoms. The topological polar surface area (TPSA) is 81.4 Å². The van der Waals surface area contributed by atoms with Gasteiger partial charge < -0.3 is 10.0 Å². The van der Waals surface area contributed by atoms with Crippen LogP contribution in [0.4, 0.5) is 5.69 Å². The molecule has 1 amide bonds. The van der Waals surface area contributed by atoms with E-state index < -0.39 is 17.8 Å². The minimum absolute atomic E-state index is 0.222. The van der Waals surface area contributed by atoms with E-state index in [1.807, 2.05) is 6.92 Å². The third-order valence-corrected chi connectivity index (χ3v) is 4.15. The Kier molecular flexibility index (Phi) is 4.27. The first-order chi connectivity index (χ1) is 9.95. The van der Waals surface area contributed by atoms with E-state index in [1.165, 1.54) is 4.90 Å². The zero-order chi connectivity index (χ0) is 15.6. The molecule has 1 aliphatic carbocycles. The SMILES string of the molecule is CC1C[C@H](C(=O)N(C)c2ccccc2C#N)[C@H](C(=O)O)C1. The maximum absolute atomic E-state index is 12.6. The lowest BCUT2D eigenvalue weighted by Gasteiger charge is -2.24. The molecule has 1 aromatic carbocycles. The maximum Gasteiger partial charge on any atom is 0.307 e. The summed E-state index contributed by atoms with van der Waals surface area (Å²) in [7, 11) is 1.60. The number of carbonyl (C=O) groups excluding carboxylic acids is 1. The molecule has 0 aromatic heterocycles. The van der Waals surface area contributed by atoms with Crippen molar-refractivity contribution in [3.63, 3.8) is 0 Å². The second kappa shape index (κ2) is 5.96. The molecule has 0 heterocycles. The minimum atomic E-state index is -0.917. The Morgan fingerprint density at radius 3 is 2.52 bits per heavy atom. The Bertz CT molecular complexity index is 606. The molecule has 1 saturated carbocycles. The summed E-state index contributed by atoms with van der Waals surface area (Å²) < 4.78 is 0. The van der Waals surface area contributed by atoms with Crippen molar-refractivity contribution < 1.29 is 14.7 Å². The largest absolute Gasteiger partial charge is 0.481 e. The van der Waals surface area contributed by atoms with Crippen LogP contribution in [-0.4, -0.2) is 24.0 Å². The summed E-state index contributed by atoms with van der Waals surface area (Å²) in [5, 5.41) is 18.4. The molecule has 0 spiro atoms. The molecule has 3 atom stereocenters. The number of nitrogens with zero attached hydrogens (tertiary/aromatic N) is 2. The van der Waals surface area contributed by atoms with Crippen LogP contribution in [0.5, 0.6) is 0 Å². The molecule has 1 fully saturated rings. The van der Waals surface area contributed by atoms with E-state index in [-0.39, 0.29) is 11.8 Å². The van der Waals surface area contributed by atoms with Crippen molar-refractivity contribution in [2.24, 2.45) is 17.8 Å². The lowest BCUT2D eigenvalue weighted by atomic mass is 9.94. The van der Waals surface area contributed by atoms with Crippen LogP contribution in [0.1, 0.15) is 25.3 Å². The van der Waals surface area contributed by atoms with Crippen LogP contribution in [-0.2, 0) is 9.59 Å². The number of nitriles is 1.